The first-order valence-corrected chi connectivity index (χ1v) is 7.47. The number of carbonyl (C=O) groups excluding carboxylic acids is 1. The fraction of sp³-hybridized carbons (Fsp3) is 0.562. The summed E-state index contributed by atoms with van der Waals surface area (Å²) in [7, 11) is 1.73. The van der Waals surface area contributed by atoms with Crippen molar-refractivity contribution < 1.29 is 9.90 Å². The molecule has 5 nitrogen and oxygen atoms in total. The molecule has 0 saturated carbocycles. The van der Waals surface area contributed by atoms with Crippen LogP contribution in [0.3, 0.4) is 0 Å². The van der Waals surface area contributed by atoms with E-state index in [4.69, 9.17) is 0 Å². The SMILES string of the molecule is CCNC(C)c1cccc(NC(=O)N(C)CCC(C)O)c1. The first-order chi connectivity index (χ1) is 9.93. The zero-order valence-electron chi connectivity index (χ0n) is 13.4. The van der Waals surface area contributed by atoms with E-state index in [1.807, 2.05) is 24.3 Å². The summed E-state index contributed by atoms with van der Waals surface area (Å²) in [5.41, 5.74) is 1.92. The normalized spacial score (nSPS) is 13.6. The Balaban J connectivity index is 2.61. The molecule has 0 aliphatic rings. The number of benzene rings is 1. The lowest BCUT2D eigenvalue weighted by molar-refractivity contribution is 0.167. The minimum Gasteiger partial charge on any atom is -0.393 e. The van der Waals surface area contributed by atoms with Crippen molar-refractivity contribution in [3.63, 3.8) is 0 Å². The van der Waals surface area contributed by atoms with Crippen LogP contribution in [0, 0.1) is 0 Å². The summed E-state index contributed by atoms with van der Waals surface area (Å²) in [5.74, 6) is 0. The van der Waals surface area contributed by atoms with Crippen LogP contribution in [0.25, 0.3) is 0 Å². The molecule has 3 N–H and O–H groups in total. The Morgan fingerprint density at radius 3 is 2.71 bits per heavy atom. The number of aliphatic hydroxyl groups is 1. The van der Waals surface area contributed by atoms with E-state index in [0.717, 1.165) is 17.8 Å². The number of carbonyl (C=O) groups is 1. The monoisotopic (exact) mass is 293 g/mol. The Bertz CT molecular complexity index is 449. The molecule has 5 heteroatoms. The summed E-state index contributed by atoms with van der Waals surface area (Å²) in [6, 6.07) is 7.93. The Hall–Kier alpha value is -1.59. The number of nitrogens with zero attached hydrogens (tertiary/aromatic N) is 1. The third kappa shape index (κ3) is 6.14. The molecule has 2 unspecified atom stereocenters. The summed E-state index contributed by atoms with van der Waals surface area (Å²) >= 11 is 0. The van der Waals surface area contributed by atoms with Crippen molar-refractivity contribution >= 4 is 11.7 Å². The van der Waals surface area contributed by atoms with Crippen LogP contribution in [0.1, 0.15) is 38.8 Å². The van der Waals surface area contributed by atoms with Gasteiger partial charge in [0.05, 0.1) is 6.10 Å². The minimum atomic E-state index is -0.399. The van der Waals surface area contributed by atoms with E-state index in [1.54, 1.807) is 18.9 Å². The van der Waals surface area contributed by atoms with Crippen molar-refractivity contribution in [2.75, 3.05) is 25.5 Å². The summed E-state index contributed by atoms with van der Waals surface area (Å²) in [6.07, 6.45) is 0.172. The average molecular weight is 293 g/mol. The van der Waals surface area contributed by atoms with Crippen LogP contribution in [-0.2, 0) is 0 Å². The molecule has 0 heterocycles. The number of aliphatic hydroxyl groups excluding tert-OH is 1. The zero-order chi connectivity index (χ0) is 15.8. The second kappa shape index (κ2) is 8.64. The molecule has 1 rings (SSSR count). The van der Waals surface area contributed by atoms with E-state index >= 15 is 0 Å². The first-order valence-electron chi connectivity index (χ1n) is 7.47. The van der Waals surface area contributed by atoms with Gasteiger partial charge in [-0.1, -0.05) is 19.1 Å². The van der Waals surface area contributed by atoms with Crippen molar-refractivity contribution in [2.45, 2.75) is 39.3 Å². The van der Waals surface area contributed by atoms with Gasteiger partial charge in [0.1, 0.15) is 0 Å². The maximum Gasteiger partial charge on any atom is 0.321 e. The van der Waals surface area contributed by atoms with Crippen LogP contribution >= 0.6 is 0 Å². The molecular weight excluding hydrogens is 266 g/mol. The number of nitrogens with one attached hydrogen (secondary N) is 2. The Labute approximate surface area is 127 Å². The highest BCUT2D eigenvalue weighted by molar-refractivity contribution is 5.89. The van der Waals surface area contributed by atoms with Gasteiger partial charge in [0, 0.05) is 25.3 Å². The fourth-order valence-corrected chi connectivity index (χ4v) is 2.01. The molecule has 0 radical (unpaired) electrons. The van der Waals surface area contributed by atoms with E-state index in [-0.39, 0.29) is 12.1 Å². The highest BCUT2D eigenvalue weighted by Gasteiger charge is 2.11. The lowest BCUT2D eigenvalue weighted by Crippen LogP contribution is -2.33. The molecule has 0 spiro atoms. The van der Waals surface area contributed by atoms with E-state index in [9.17, 15) is 9.90 Å². The molecule has 0 aliphatic carbocycles. The molecule has 0 fully saturated rings. The predicted molar refractivity (Wildman–Crippen MR) is 86.5 cm³/mol. The Kier molecular flexibility index (Phi) is 7.19. The van der Waals surface area contributed by atoms with Crippen LogP contribution in [-0.4, -0.2) is 42.3 Å². The summed E-state index contributed by atoms with van der Waals surface area (Å²) in [4.78, 5) is 13.6. The van der Waals surface area contributed by atoms with Gasteiger partial charge in [0.2, 0.25) is 0 Å². The summed E-state index contributed by atoms with van der Waals surface area (Å²) < 4.78 is 0. The third-order valence-corrected chi connectivity index (χ3v) is 3.38. The van der Waals surface area contributed by atoms with Gasteiger partial charge in [-0.25, -0.2) is 4.79 Å². The maximum atomic E-state index is 12.0. The number of hydrogen-bond acceptors (Lipinski definition) is 3. The van der Waals surface area contributed by atoms with Gasteiger partial charge < -0.3 is 20.6 Å². The van der Waals surface area contributed by atoms with Crippen molar-refractivity contribution in [2.24, 2.45) is 0 Å². The van der Waals surface area contributed by atoms with Crippen molar-refractivity contribution in [1.29, 1.82) is 0 Å². The minimum absolute atomic E-state index is 0.163. The molecule has 0 bridgehead atoms. The van der Waals surface area contributed by atoms with Gasteiger partial charge >= 0.3 is 6.03 Å². The fourth-order valence-electron chi connectivity index (χ4n) is 2.01. The van der Waals surface area contributed by atoms with Gasteiger partial charge in [-0.2, -0.15) is 0 Å². The highest BCUT2D eigenvalue weighted by Crippen LogP contribution is 2.17. The van der Waals surface area contributed by atoms with Crippen LogP contribution in [0.4, 0.5) is 10.5 Å². The highest BCUT2D eigenvalue weighted by atomic mass is 16.3. The largest absolute Gasteiger partial charge is 0.393 e. The number of urea groups is 1. The quantitative estimate of drug-likeness (QED) is 0.724. The molecule has 118 valence electrons. The van der Waals surface area contributed by atoms with Gasteiger partial charge in [0.25, 0.3) is 0 Å². The number of anilines is 1. The molecule has 1 aromatic carbocycles. The van der Waals surface area contributed by atoms with E-state index in [1.165, 1.54) is 0 Å². The van der Waals surface area contributed by atoms with E-state index in [0.29, 0.717) is 13.0 Å². The molecule has 1 aromatic rings. The van der Waals surface area contributed by atoms with Crippen LogP contribution in [0.15, 0.2) is 24.3 Å². The third-order valence-electron chi connectivity index (χ3n) is 3.38. The van der Waals surface area contributed by atoms with Crippen molar-refractivity contribution in [1.82, 2.24) is 10.2 Å². The molecule has 0 aromatic heterocycles. The number of rotatable bonds is 7. The summed E-state index contributed by atoms with van der Waals surface area (Å²) in [5, 5.41) is 15.5. The van der Waals surface area contributed by atoms with Crippen molar-refractivity contribution in [3.05, 3.63) is 29.8 Å². The number of amides is 2. The van der Waals surface area contributed by atoms with Crippen LogP contribution in [0.5, 0.6) is 0 Å². The Morgan fingerprint density at radius 2 is 2.10 bits per heavy atom. The molecular formula is C16H27N3O2. The molecule has 0 saturated heterocycles. The number of hydrogen-bond donors (Lipinski definition) is 3. The molecule has 2 amide bonds. The standard InChI is InChI=1S/C16H27N3O2/c1-5-17-13(3)14-7-6-8-15(11-14)18-16(21)19(4)10-9-12(2)20/h6-8,11-13,17,20H,5,9-10H2,1-4H3,(H,18,21). The molecule has 2 atom stereocenters. The van der Waals surface area contributed by atoms with E-state index < -0.39 is 6.10 Å². The predicted octanol–water partition coefficient (Wildman–Crippen LogP) is 2.59. The van der Waals surface area contributed by atoms with Crippen molar-refractivity contribution in [3.8, 4) is 0 Å². The second-order valence-corrected chi connectivity index (χ2v) is 5.39. The second-order valence-electron chi connectivity index (χ2n) is 5.39. The lowest BCUT2D eigenvalue weighted by atomic mass is 10.1. The van der Waals surface area contributed by atoms with Gasteiger partial charge in [-0.05, 0) is 44.5 Å². The van der Waals surface area contributed by atoms with Gasteiger partial charge in [-0.3, -0.25) is 0 Å². The topological polar surface area (TPSA) is 64.6 Å². The molecule has 0 aliphatic heterocycles. The maximum absolute atomic E-state index is 12.0. The van der Waals surface area contributed by atoms with E-state index in [2.05, 4.69) is 24.5 Å². The molecule has 21 heavy (non-hydrogen) atoms. The van der Waals surface area contributed by atoms with Crippen LogP contribution < -0.4 is 10.6 Å². The smallest absolute Gasteiger partial charge is 0.321 e. The first kappa shape index (κ1) is 17.5. The summed E-state index contributed by atoms with van der Waals surface area (Å²) in [6.45, 7) is 7.31. The average Bonchev–Trinajstić information content (AvgIpc) is 2.45. The zero-order valence-corrected chi connectivity index (χ0v) is 13.4. The Morgan fingerprint density at radius 1 is 1.38 bits per heavy atom. The van der Waals surface area contributed by atoms with Gasteiger partial charge in [-0.15, -0.1) is 0 Å². The van der Waals surface area contributed by atoms with Gasteiger partial charge in [0.15, 0.2) is 0 Å². The lowest BCUT2D eigenvalue weighted by Gasteiger charge is -2.19. The van der Waals surface area contributed by atoms with Crippen LogP contribution in [0.2, 0.25) is 0 Å².